The number of halogens is 1. The first-order chi connectivity index (χ1) is 14.1. The van der Waals surface area contributed by atoms with Crippen molar-refractivity contribution in [3.05, 3.63) is 59.4 Å². The van der Waals surface area contributed by atoms with E-state index in [4.69, 9.17) is 11.6 Å². The third-order valence-corrected chi connectivity index (χ3v) is 5.33. The molecule has 0 bridgehead atoms. The lowest BCUT2D eigenvalue weighted by Gasteiger charge is -2.16. The molecule has 0 unspecified atom stereocenters. The second-order valence-corrected chi connectivity index (χ2v) is 7.78. The van der Waals surface area contributed by atoms with Gasteiger partial charge in [0.1, 0.15) is 11.9 Å². The topological polar surface area (TPSA) is 71.8 Å². The highest BCUT2D eigenvalue weighted by atomic mass is 35.5. The molecule has 29 heavy (non-hydrogen) atoms. The van der Waals surface area contributed by atoms with Crippen LogP contribution in [-0.2, 0) is 17.8 Å². The van der Waals surface area contributed by atoms with E-state index >= 15 is 0 Å². The second-order valence-electron chi connectivity index (χ2n) is 7.35. The number of benzene rings is 2. The van der Waals surface area contributed by atoms with E-state index in [1.54, 1.807) is 18.2 Å². The highest BCUT2D eigenvalue weighted by Crippen LogP contribution is 2.25. The van der Waals surface area contributed by atoms with Crippen LogP contribution in [0.15, 0.2) is 48.5 Å². The lowest BCUT2D eigenvalue weighted by molar-refractivity contribution is -0.116. The van der Waals surface area contributed by atoms with Gasteiger partial charge in [-0.1, -0.05) is 36.2 Å². The number of hydrogen-bond donors (Lipinski definition) is 2. The van der Waals surface area contributed by atoms with Crippen molar-refractivity contribution >= 4 is 28.9 Å². The third-order valence-electron chi connectivity index (χ3n) is 5.10. The van der Waals surface area contributed by atoms with Crippen molar-refractivity contribution in [1.29, 1.82) is 0 Å². The number of anilines is 2. The van der Waals surface area contributed by atoms with Gasteiger partial charge in [0.05, 0.1) is 0 Å². The number of hydrogen-bond acceptors (Lipinski definition) is 4. The molecule has 3 aromatic rings. The van der Waals surface area contributed by atoms with E-state index in [9.17, 15) is 4.79 Å². The highest BCUT2D eigenvalue weighted by Gasteiger charge is 2.17. The third kappa shape index (κ3) is 4.59. The Kier molecular flexibility index (Phi) is 5.81. The first-order valence-electron chi connectivity index (χ1n) is 9.95. The van der Waals surface area contributed by atoms with Gasteiger partial charge < -0.3 is 15.2 Å². The van der Waals surface area contributed by atoms with Crippen molar-refractivity contribution in [3.63, 3.8) is 0 Å². The van der Waals surface area contributed by atoms with Gasteiger partial charge >= 0.3 is 0 Å². The van der Waals surface area contributed by atoms with Gasteiger partial charge in [-0.05, 0) is 50.1 Å². The van der Waals surface area contributed by atoms with Crippen LogP contribution in [0.5, 0.6) is 0 Å². The van der Waals surface area contributed by atoms with Crippen molar-refractivity contribution in [1.82, 2.24) is 14.8 Å². The predicted octanol–water partition coefficient (Wildman–Crippen LogP) is 4.76. The Hall–Kier alpha value is -2.86. The Labute approximate surface area is 175 Å². The minimum absolute atomic E-state index is 0.131. The summed E-state index contributed by atoms with van der Waals surface area (Å²) in [5, 5.41) is 15.5. The van der Waals surface area contributed by atoms with Crippen LogP contribution >= 0.6 is 11.6 Å². The molecule has 0 aliphatic carbocycles. The van der Waals surface area contributed by atoms with Crippen LogP contribution in [0.2, 0.25) is 5.02 Å². The molecule has 0 fully saturated rings. The summed E-state index contributed by atoms with van der Waals surface area (Å²) in [6.45, 7) is 2.78. The van der Waals surface area contributed by atoms with Crippen molar-refractivity contribution in [3.8, 4) is 11.4 Å². The number of nitrogens with one attached hydrogen (secondary N) is 2. The average Bonchev–Trinajstić information content (AvgIpc) is 2.96. The van der Waals surface area contributed by atoms with Crippen molar-refractivity contribution in [2.45, 2.75) is 45.2 Å². The SMILES string of the molecule is C[C@@H](Nc1cccc(-c2nnc3n2CCCCC3)c1)C(=O)Nc1cccc(Cl)c1. The van der Waals surface area contributed by atoms with E-state index < -0.39 is 6.04 Å². The van der Waals surface area contributed by atoms with E-state index in [-0.39, 0.29) is 5.91 Å². The Bertz CT molecular complexity index is 1020. The molecule has 2 heterocycles. The standard InChI is InChI=1S/C22H24ClN5O/c1-15(22(29)25-19-10-6-8-17(23)14-19)24-18-9-5-7-16(13-18)21-27-26-20-11-3-2-4-12-28(20)21/h5-10,13-15,24H,2-4,11-12H2,1H3,(H,25,29)/t15-/m1/s1. The highest BCUT2D eigenvalue weighted by molar-refractivity contribution is 6.30. The Morgan fingerprint density at radius 3 is 2.76 bits per heavy atom. The molecule has 150 valence electrons. The average molecular weight is 410 g/mol. The molecule has 7 heteroatoms. The summed E-state index contributed by atoms with van der Waals surface area (Å²) in [7, 11) is 0. The van der Waals surface area contributed by atoms with E-state index in [0.717, 1.165) is 42.3 Å². The number of rotatable bonds is 5. The molecule has 1 aromatic heterocycles. The largest absolute Gasteiger partial charge is 0.374 e. The fourth-order valence-corrected chi connectivity index (χ4v) is 3.77. The maximum absolute atomic E-state index is 12.5. The number of aromatic nitrogens is 3. The Balaban J connectivity index is 1.48. The normalized spacial score (nSPS) is 14.6. The van der Waals surface area contributed by atoms with Crippen LogP contribution in [0.3, 0.4) is 0 Å². The van der Waals surface area contributed by atoms with E-state index in [0.29, 0.717) is 10.7 Å². The summed E-state index contributed by atoms with van der Waals surface area (Å²) in [5.41, 5.74) is 2.54. The van der Waals surface area contributed by atoms with Crippen LogP contribution in [0.1, 0.15) is 32.0 Å². The van der Waals surface area contributed by atoms with Crippen molar-refractivity contribution < 1.29 is 4.79 Å². The van der Waals surface area contributed by atoms with Gasteiger partial charge in [0.25, 0.3) is 0 Å². The van der Waals surface area contributed by atoms with E-state index in [1.807, 2.05) is 37.3 Å². The fourth-order valence-electron chi connectivity index (χ4n) is 3.58. The molecule has 0 spiro atoms. The van der Waals surface area contributed by atoms with Gasteiger partial charge in [0, 0.05) is 34.9 Å². The van der Waals surface area contributed by atoms with Gasteiger partial charge in [-0.2, -0.15) is 0 Å². The van der Waals surface area contributed by atoms with Crippen LogP contribution in [-0.4, -0.2) is 26.7 Å². The molecule has 1 amide bonds. The molecular weight excluding hydrogens is 386 g/mol. The maximum Gasteiger partial charge on any atom is 0.246 e. The Morgan fingerprint density at radius 1 is 1.07 bits per heavy atom. The second kappa shape index (κ2) is 8.66. The van der Waals surface area contributed by atoms with Gasteiger partial charge in [-0.15, -0.1) is 10.2 Å². The van der Waals surface area contributed by atoms with Crippen molar-refractivity contribution in [2.24, 2.45) is 0 Å². The molecular formula is C22H24ClN5O. The van der Waals surface area contributed by atoms with E-state index in [2.05, 4.69) is 25.4 Å². The predicted molar refractivity (Wildman–Crippen MR) is 116 cm³/mol. The number of aryl methyl sites for hydroxylation is 1. The van der Waals surface area contributed by atoms with Crippen molar-refractivity contribution in [2.75, 3.05) is 10.6 Å². The molecule has 4 rings (SSSR count). The number of fused-ring (bicyclic) bond motifs is 1. The number of carbonyl (C=O) groups is 1. The zero-order chi connectivity index (χ0) is 20.2. The quantitative estimate of drug-likeness (QED) is 0.637. The lowest BCUT2D eigenvalue weighted by Crippen LogP contribution is -2.31. The molecule has 0 saturated heterocycles. The number of carbonyl (C=O) groups excluding carboxylic acids is 1. The first kappa shape index (κ1) is 19.5. The summed E-state index contributed by atoms with van der Waals surface area (Å²) >= 11 is 5.98. The van der Waals surface area contributed by atoms with E-state index in [1.165, 1.54) is 12.8 Å². The summed E-state index contributed by atoms with van der Waals surface area (Å²) in [4.78, 5) is 12.5. The zero-order valence-electron chi connectivity index (χ0n) is 16.4. The number of amides is 1. The Morgan fingerprint density at radius 2 is 1.90 bits per heavy atom. The summed E-state index contributed by atoms with van der Waals surface area (Å²) in [6, 6.07) is 14.7. The monoisotopic (exact) mass is 409 g/mol. The van der Waals surface area contributed by atoms with Gasteiger partial charge in [-0.25, -0.2) is 0 Å². The molecule has 1 aliphatic heterocycles. The summed E-state index contributed by atoms with van der Waals surface area (Å²) in [5.74, 6) is 1.82. The maximum atomic E-state index is 12.5. The molecule has 1 aliphatic rings. The lowest BCUT2D eigenvalue weighted by atomic mass is 10.1. The molecule has 2 N–H and O–H groups in total. The molecule has 2 aromatic carbocycles. The van der Waals surface area contributed by atoms with Crippen LogP contribution < -0.4 is 10.6 Å². The zero-order valence-corrected chi connectivity index (χ0v) is 17.1. The van der Waals surface area contributed by atoms with Gasteiger partial charge in [0.15, 0.2) is 5.82 Å². The molecule has 0 saturated carbocycles. The minimum Gasteiger partial charge on any atom is -0.374 e. The van der Waals surface area contributed by atoms with Gasteiger partial charge in [-0.3, -0.25) is 4.79 Å². The summed E-state index contributed by atoms with van der Waals surface area (Å²) < 4.78 is 2.22. The first-order valence-corrected chi connectivity index (χ1v) is 10.3. The smallest absolute Gasteiger partial charge is 0.246 e. The molecule has 1 atom stereocenters. The molecule has 6 nitrogen and oxygen atoms in total. The minimum atomic E-state index is -0.417. The van der Waals surface area contributed by atoms with Gasteiger partial charge in [0.2, 0.25) is 5.91 Å². The summed E-state index contributed by atoms with van der Waals surface area (Å²) in [6.07, 6.45) is 4.52. The van der Waals surface area contributed by atoms with Crippen LogP contribution in [0.4, 0.5) is 11.4 Å². The number of nitrogens with zero attached hydrogens (tertiary/aromatic N) is 3. The van der Waals surface area contributed by atoms with Crippen LogP contribution in [0.25, 0.3) is 11.4 Å². The fraction of sp³-hybridized carbons (Fsp3) is 0.318. The van der Waals surface area contributed by atoms with Crippen LogP contribution in [0, 0.1) is 0 Å². The molecule has 0 radical (unpaired) electrons.